The second-order valence-corrected chi connectivity index (χ2v) is 6.65. The van der Waals surface area contributed by atoms with Crippen molar-refractivity contribution in [1.29, 1.82) is 0 Å². The van der Waals surface area contributed by atoms with Crippen molar-refractivity contribution in [3.63, 3.8) is 0 Å². The number of amides is 2. The molecule has 2 aromatic rings. The lowest BCUT2D eigenvalue weighted by molar-refractivity contribution is -0.137. The number of benzene rings is 1. The van der Waals surface area contributed by atoms with Crippen molar-refractivity contribution in [2.45, 2.75) is 25.1 Å². The van der Waals surface area contributed by atoms with Crippen LogP contribution in [0.1, 0.15) is 28.8 Å². The minimum absolute atomic E-state index is 0.0568. The van der Waals surface area contributed by atoms with Crippen molar-refractivity contribution < 1.29 is 27.5 Å². The van der Waals surface area contributed by atoms with Crippen LogP contribution >= 0.6 is 0 Å². The van der Waals surface area contributed by atoms with Crippen LogP contribution in [-0.4, -0.2) is 42.6 Å². The van der Waals surface area contributed by atoms with Crippen molar-refractivity contribution in [1.82, 2.24) is 10.3 Å². The van der Waals surface area contributed by atoms with Crippen LogP contribution < -0.4 is 16.0 Å². The van der Waals surface area contributed by atoms with Gasteiger partial charge in [0.05, 0.1) is 5.56 Å². The standard InChI is InChI=1S/C20H21F3N4O3/c21-20(22,23)15-6-2-8-24-17(15)25-9-10-26-18(28)13-4-1-5-14(12-13)27-19(29)16-7-3-11-30-16/h1-2,4-6,8,12,16H,3,7,9-11H2,(H,24,25)(H,26,28)(H,27,29). The highest BCUT2D eigenvalue weighted by Gasteiger charge is 2.33. The number of rotatable bonds is 7. The largest absolute Gasteiger partial charge is 0.419 e. The van der Waals surface area contributed by atoms with E-state index in [-0.39, 0.29) is 24.8 Å². The number of pyridine rings is 1. The van der Waals surface area contributed by atoms with Gasteiger partial charge in [-0.05, 0) is 43.2 Å². The van der Waals surface area contributed by atoms with Crippen molar-refractivity contribution >= 4 is 23.3 Å². The van der Waals surface area contributed by atoms with Crippen molar-refractivity contribution in [2.75, 3.05) is 30.3 Å². The summed E-state index contributed by atoms with van der Waals surface area (Å²) in [4.78, 5) is 28.1. The Kier molecular flexibility index (Phi) is 6.88. The van der Waals surface area contributed by atoms with E-state index in [9.17, 15) is 22.8 Å². The zero-order chi connectivity index (χ0) is 21.6. The molecule has 1 saturated heterocycles. The summed E-state index contributed by atoms with van der Waals surface area (Å²) < 4.78 is 44.2. The van der Waals surface area contributed by atoms with Crippen LogP contribution in [0.15, 0.2) is 42.6 Å². The average Bonchev–Trinajstić information content (AvgIpc) is 3.26. The lowest BCUT2D eigenvalue weighted by Crippen LogP contribution is -2.30. The minimum atomic E-state index is -4.52. The third kappa shape index (κ3) is 5.69. The Morgan fingerprint density at radius 2 is 2.00 bits per heavy atom. The number of aromatic nitrogens is 1. The smallest absolute Gasteiger partial charge is 0.368 e. The van der Waals surface area contributed by atoms with Crippen LogP contribution in [0, 0.1) is 0 Å². The molecular weight excluding hydrogens is 401 g/mol. The molecule has 1 atom stereocenters. The molecule has 0 bridgehead atoms. The first-order valence-electron chi connectivity index (χ1n) is 9.41. The third-order valence-corrected chi connectivity index (χ3v) is 4.43. The molecular formula is C20H21F3N4O3. The maximum atomic E-state index is 12.9. The molecule has 160 valence electrons. The molecule has 0 radical (unpaired) electrons. The summed E-state index contributed by atoms with van der Waals surface area (Å²) in [5.41, 5.74) is -0.0930. The van der Waals surface area contributed by atoms with Crippen LogP contribution in [0.25, 0.3) is 0 Å². The third-order valence-electron chi connectivity index (χ3n) is 4.43. The molecule has 1 aromatic heterocycles. The number of carbonyl (C=O) groups is 2. The lowest BCUT2D eigenvalue weighted by atomic mass is 10.1. The first kappa shape index (κ1) is 21.6. The summed E-state index contributed by atoms with van der Waals surface area (Å²) in [6, 6.07) is 8.53. The second kappa shape index (κ2) is 9.57. The summed E-state index contributed by atoms with van der Waals surface area (Å²) >= 11 is 0. The normalized spacial score (nSPS) is 16.2. The predicted molar refractivity (Wildman–Crippen MR) is 104 cm³/mol. The first-order valence-corrected chi connectivity index (χ1v) is 9.41. The van der Waals surface area contributed by atoms with E-state index < -0.39 is 23.8 Å². The molecule has 7 nitrogen and oxygen atoms in total. The monoisotopic (exact) mass is 422 g/mol. The van der Waals surface area contributed by atoms with E-state index in [2.05, 4.69) is 20.9 Å². The maximum absolute atomic E-state index is 12.9. The number of hydrogen-bond acceptors (Lipinski definition) is 5. The summed E-state index contributed by atoms with van der Waals surface area (Å²) in [6.45, 7) is 0.692. The Morgan fingerprint density at radius 1 is 1.17 bits per heavy atom. The molecule has 2 heterocycles. The van der Waals surface area contributed by atoms with Gasteiger partial charge in [0.1, 0.15) is 11.9 Å². The van der Waals surface area contributed by atoms with Gasteiger partial charge >= 0.3 is 6.18 Å². The van der Waals surface area contributed by atoms with Gasteiger partial charge in [-0.15, -0.1) is 0 Å². The van der Waals surface area contributed by atoms with Crippen LogP contribution in [0.3, 0.4) is 0 Å². The Labute approximate surface area is 171 Å². The number of halogens is 3. The van der Waals surface area contributed by atoms with Gasteiger partial charge in [0.15, 0.2) is 0 Å². The lowest BCUT2D eigenvalue weighted by Gasteiger charge is -2.14. The quantitative estimate of drug-likeness (QED) is 0.597. The summed E-state index contributed by atoms with van der Waals surface area (Å²) in [5, 5.41) is 7.91. The van der Waals surface area contributed by atoms with E-state index in [4.69, 9.17) is 4.74 Å². The fourth-order valence-electron chi connectivity index (χ4n) is 2.98. The molecule has 3 rings (SSSR count). The molecule has 2 amide bonds. The molecule has 1 unspecified atom stereocenters. The Balaban J connectivity index is 1.50. The summed E-state index contributed by atoms with van der Waals surface area (Å²) in [6.07, 6.45) is -2.26. The average molecular weight is 422 g/mol. The van der Waals surface area contributed by atoms with Crippen molar-refractivity contribution in [3.8, 4) is 0 Å². The van der Waals surface area contributed by atoms with Crippen LogP contribution in [0.4, 0.5) is 24.7 Å². The van der Waals surface area contributed by atoms with Crippen molar-refractivity contribution in [3.05, 3.63) is 53.7 Å². The van der Waals surface area contributed by atoms with Crippen LogP contribution in [0.5, 0.6) is 0 Å². The van der Waals surface area contributed by atoms with E-state index in [1.807, 2.05) is 0 Å². The molecule has 1 aliphatic heterocycles. The van der Waals surface area contributed by atoms with Gasteiger partial charge in [-0.25, -0.2) is 4.98 Å². The highest BCUT2D eigenvalue weighted by Crippen LogP contribution is 2.33. The summed E-state index contributed by atoms with van der Waals surface area (Å²) in [7, 11) is 0. The Morgan fingerprint density at radius 3 is 2.73 bits per heavy atom. The van der Waals surface area contributed by atoms with Gasteiger partial charge < -0.3 is 20.7 Å². The molecule has 0 aliphatic carbocycles. The van der Waals surface area contributed by atoms with Gasteiger partial charge in [-0.1, -0.05) is 6.07 Å². The van der Waals surface area contributed by atoms with E-state index in [1.165, 1.54) is 18.3 Å². The first-order chi connectivity index (χ1) is 14.3. The van der Waals surface area contributed by atoms with Crippen molar-refractivity contribution in [2.24, 2.45) is 0 Å². The predicted octanol–water partition coefficient (Wildman–Crippen LogP) is 3.06. The number of carbonyl (C=O) groups excluding carboxylic acids is 2. The van der Waals surface area contributed by atoms with Crippen LogP contribution in [-0.2, 0) is 15.7 Å². The molecule has 30 heavy (non-hydrogen) atoms. The van der Waals surface area contributed by atoms with Gasteiger partial charge in [0.2, 0.25) is 0 Å². The molecule has 3 N–H and O–H groups in total. The van der Waals surface area contributed by atoms with E-state index in [1.54, 1.807) is 18.2 Å². The number of nitrogens with one attached hydrogen (secondary N) is 3. The topological polar surface area (TPSA) is 92.4 Å². The van der Waals surface area contributed by atoms with Crippen LogP contribution in [0.2, 0.25) is 0 Å². The van der Waals surface area contributed by atoms with Gasteiger partial charge in [0, 0.05) is 37.1 Å². The minimum Gasteiger partial charge on any atom is -0.368 e. The van der Waals surface area contributed by atoms with E-state index >= 15 is 0 Å². The van der Waals surface area contributed by atoms with Gasteiger partial charge in [-0.3, -0.25) is 9.59 Å². The Bertz CT molecular complexity index is 899. The molecule has 1 aliphatic rings. The van der Waals surface area contributed by atoms with Gasteiger partial charge in [0.25, 0.3) is 11.8 Å². The number of ether oxygens (including phenoxy) is 1. The van der Waals surface area contributed by atoms with E-state index in [0.717, 1.165) is 12.5 Å². The second-order valence-electron chi connectivity index (χ2n) is 6.65. The molecule has 1 aromatic carbocycles. The number of alkyl halides is 3. The molecule has 10 heteroatoms. The SMILES string of the molecule is O=C(NCCNc1ncccc1C(F)(F)F)c1cccc(NC(=O)C2CCCO2)c1. The summed E-state index contributed by atoms with van der Waals surface area (Å²) in [5.74, 6) is -0.967. The fourth-order valence-corrected chi connectivity index (χ4v) is 2.98. The molecule has 0 saturated carbocycles. The maximum Gasteiger partial charge on any atom is 0.419 e. The Hall–Kier alpha value is -3.14. The van der Waals surface area contributed by atoms with E-state index in [0.29, 0.717) is 24.3 Å². The zero-order valence-corrected chi connectivity index (χ0v) is 16.0. The molecule has 1 fully saturated rings. The number of hydrogen-bond donors (Lipinski definition) is 3. The zero-order valence-electron chi connectivity index (χ0n) is 16.0. The van der Waals surface area contributed by atoms with Gasteiger partial charge in [-0.2, -0.15) is 13.2 Å². The fraction of sp³-hybridized carbons (Fsp3) is 0.350. The number of anilines is 2. The highest BCUT2D eigenvalue weighted by molar-refractivity contribution is 5.98. The molecule has 0 spiro atoms. The number of nitrogens with zero attached hydrogens (tertiary/aromatic N) is 1. The highest BCUT2D eigenvalue weighted by atomic mass is 19.4.